The summed E-state index contributed by atoms with van der Waals surface area (Å²) in [4.78, 5) is 0. The largest absolute Gasteiger partial charge is 0.324 e. The molecule has 21 heavy (non-hydrogen) atoms. The molecular formula is C20H23N. The molecule has 2 fully saturated rings. The molecule has 0 aliphatic heterocycles. The second kappa shape index (κ2) is 5.31. The summed E-state index contributed by atoms with van der Waals surface area (Å²) in [6, 6.07) is 20.1. The van der Waals surface area contributed by atoms with Crippen molar-refractivity contribution in [3.8, 4) is 0 Å². The number of hydrogen-bond acceptors (Lipinski definition) is 1. The smallest absolute Gasteiger partial charge is 0.0329 e. The van der Waals surface area contributed by atoms with E-state index in [1.54, 1.807) is 0 Å². The number of benzene rings is 2. The zero-order valence-electron chi connectivity index (χ0n) is 12.4. The molecule has 2 aliphatic carbocycles. The van der Waals surface area contributed by atoms with Crippen molar-refractivity contribution in [2.45, 2.75) is 43.6 Å². The predicted molar refractivity (Wildman–Crippen MR) is 87.3 cm³/mol. The first-order valence-corrected chi connectivity index (χ1v) is 8.23. The van der Waals surface area contributed by atoms with Crippen LogP contribution in [0.15, 0.2) is 54.6 Å². The third kappa shape index (κ3) is 2.51. The van der Waals surface area contributed by atoms with Gasteiger partial charge in [0.05, 0.1) is 0 Å². The highest BCUT2D eigenvalue weighted by atomic mass is 14.7. The third-order valence-electron chi connectivity index (χ3n) is 5.40. The molecule has 0 saturated heterocycles. The molecule has 4 rings (SSSR count). The Hall–Kier alpha value is -1.60. The molecule has 0 bridgehead atoms. The van der Waals surface area contributed by atoms with E-state index in [2.05, 4.69) is 54.6 Å². The van der Waals surface area contributed by atoms with Crippen LogP contribution in [0.1, 0.15) is 60.3 Å². The average molecular weight is 277 g/mol. The molecule has 2 aromatic carbocycles. The van der Waals surface area contributed by atoms with Gasteiger partial charge in [-0.3, -0.25) is 0 Å². The van der Waals surface area contributed by atoms with E-state index in [9.17, 15) is 0 Å². The van der Waals surface area contributed by atoms with Gasteiger partial charge >= 0.3 is 0 Å². The number of rotatable bonds is 4. The van der Waals surface area contributed by atoms with Crippen molar-refractivity contribution >= 4 is 0 Å². The molecule has 0 radical (unpaired) electrons. The van der Waals surface area contributed by atoms with Gasteiger partial charge in [-0.15, -0.1) is 0 Å². The standard InChI is InChI=1S/C20H23N/c21-20(19-13-18(19)15-6-2-1-3-7-15)17-11-5-10-16(12-17)14-8-4-9-14/h1-3,5-7,10-12,14,18-20H,4,8-9,13,21H2. The second-order valence-electron chi connectivity index (χ2n) is 6.74. The van der Waals surface area contributed by atoms with Gasteiger partial charge < -0.3 is 5.73 Å². The fourth-order valence-electron chi connectivity index (χ4n) is 3.70. The van der Waals surface area contributed by atoms with Crippen LogP contribution in [-0.4, -0.2) is 0 Å². The van der Waals surface area contributed by atoms with Gasteiger partial charge in [-0.2, -0.15) is 0 Å². The molecule has 1 heteroatoms. The van der Waals surface area contributed by atoms with E-state index in [1.807, 2.05) is 0 Å². The van der Waals surface area contributed by atoms with Crippen molar-refractivity contribution in [3.63, 3.8) is 0 Å². The Morgan fingerprint density at radius 1 is 0.905 bits per heavy atom. The van der Waals surface area contributed by atoms with Crippen LogP contribution < -0.4 is 5.73 Å². The van der Waals surface area contributed by atoms with E-state index >= 15 is 0 Å². The Morgan fingerprint density at radius 2 is 1.67 bits per heavy atom. The van der Waals surface area contributed by atoms with E-state index in [-0.39, 0.29) is 6.04 Å². The maximum absolute atomic E-state index is 6.56. The van der Waals surface area contributed by atoms with Crippen LogP contribution in [0.5, 0.6) is 0 Å². The molecule has 2 N–H and O–H groups in total. The highest BCUT2D eigenvalue weighted by molar-refractivity contribution is 5.33. The molecule has 0 amide bonds. The normalized spacial score (nSPS) is 26.1. The maximum atomic E-state index is 6.56. The number of hydrogen-bond donors (Lipinski definition) is 1. The van der Waals surface area contributed by atoms with E-state index in [0.29, 0.717) is 11.8 Å². The Labute approximate surface area is 127 Å². The van der Waals surface area contributed by atoms with Crippen LogP contribution in [0, 0.1) is 5.92 Å². The first-order chi connectivity index (χ1) is 10.3. The third-order valence-corrected chi connectivity index (χ3v) is 5.40. The first kappa shape index (κ1) is 13.1. The van der Waals surface area contributed by atoms with Crippen LogP contribution in [-0.2, 0) is 0 Å². The summed E-state index contributed by atoms with van der Waals surface area (Å²) in [6.07, 6.45) is 5.34. The van der Waals surface area contributed by atoms with Crippen LogP contribution in [0.3, 0.4) is 0 Å². The predicted octanol–water partition coefficient (Wildman–Crippen LogP) is 4.76. The van der Waals surface area contributed by atoms with E-state index in [0.717, 1.165) is 5.92 Å². The van der Waals surface area contributed by atoms with Gasteiger partial charge in [-0.05, 0) is 53.7 Å². The lowest BCUT2D eigenvalue weighted by atomic mass is 9.79. The first-order valence-electron chi connectivity index (χ1n) is 8.23. The summed E-state index contributed by atoms with van der Waals surface area (Å²) in [5.74, 6) is 2.07. The van der Waals surface area contributed by atoms with E-state index in [1.165, 1.54) is 42.4 Å². The van der Waals surface area contributed by atoms with Crippen molar-refractivity contribution in [1.29, 1.82) is 0 Å². The Morgan fingerprint density at radius 3 is 2.38 bits per heavy atom. The fourth-order valence-corrected chi connectivity index (χ4v) is 3.70. The van der Waals surface area contributed by atoms with Crippen LogP contribution >= 0.6 is 0 Å². The van der Waals surface area contributed by atoms with Crippen molar-refractivity contribution < 1.29 is 0 Å². The summed E-state index contributed by atoms with van der Waals surface area (Å²) in [5.41, 5.74) is 10.9. The lowest BCUT2D eigenvalue weighted by Gasteiger charge is -2.26. The lowest BCUT2D eigenvalue weighted by Crippen LogP contribution is -2.15. The van der Waals surface area contributed by atoms with Crippen LogP contribution in [0.2, 0.25) is 0 Å². The Kier molecular flexibility index (Phi) is 3.31. The topological polar surface area (TPSA) is 26.0 Å². The highest BCUT2D eigenvalue weighted by Crippen LogP contribution is 2.53. The average Bonchev–Trinajstić information content (AvgIpc) is 3.26. The van der Waals surface area contributed by atoms with E-state index < -0.39 is 0 Å². The zero-order valence-corrected chi connectivity index (χ0v) is 12.4. The van der Waals surface area contributed by atoms with Gasteiger partial charge in [-0.25, -0.2) is 0 Å². The summed E-state index contributed by atoms with van der Waals surface area (Å²) in [6.45, 7) is 0. The SMILES string of the molecule is NC(c1cccc(C2CCC2)c1)C1CC1c1ccccc1. The van der Waals surface area contributed by atoms with Crippen molar-refractivity contribution in [2.75, 3.05) is 0 Å². The van der Waals surface area contributed by atoms with Crippen LogP contribution in [0.4, 0.5) is 0 Å². The Balaban J connectivity index is 1.49. The lowest BCUT2D eigenvalue weighted by molar-refractivity contribution is 0.419. The number of nitrogens with two attached hydrogens (primary N) is 1. The maximum Gasteiger partial charge on any atom is 0.0329 e. The molecule has 0 spiro atoms. The molecule has 108 valence electrons. The second-order valence-corrected chi connectivity index (χ2v) is 6.74. The minimum Gasteiger partial charge on any atom is -0.324 e. The molecule has 1 nitrogen and oxygen atoms in total. The summed E-state index contributed by atoms with van der Waals surface area (Å²) < 4.78 is 0. The monoisotopic (exact) mass is 277 g/mol. The molecular weight excluding hydrogens is 254 g/mol. The summed E-state index contributed by atoms with van der Waals surface area (Å²) in [7, 11) is 0. The summed E-state index contributed by atoms with van der Waals surface area (Å²) in [5, 5.41) is 0. The van der Waals surface area contributed by atoms with E-state index in [4.69, 9.17) is 5.73 Å². The van der Waals surface area contributed by atoms with Crippen LogP contribution in [0.25, 0.3) is 0 Å². The Bertz CT molecular complexity index is 615. The van der Waals surface area contributed by atoms with Gasteiger partial charge in [-0.1, -0.05) is 61.0 Å². The van der Waals surface area contributed by atoms with Gasteiger partial charge in [0.15, 0.2) is 0 Å². The molecule has 3 unspecified atom stereocenters. The van der Waals surface area contributed by atoms with Gasteiger partial charge in [0.1, 0.15) is 0 Å². The van der Waals surface area contributed by atoms with Crippen molar-refractivity contribution in [3.05, 3.63) is 71.3 Å². The van der Waals surface area contributed by atoms with Gasteiger partial charge in [0.25, 0.3) is 0 Å². The molecule has 2 aromatic rings. The van der Waals surface area contributed by atoms with Gasteiger partial charge in [0, 0.05) is 6.04 Å². The molecule has 3 atom stereocenters. The quantitative estimate of drug-likeness (QED) is 0.857. The minimum atomic E-state index is 0.190. The minimum absolute atomic E-state index is 0.190. The summed E-state index contributed by atoms with van der Waals surface area (Å²) >= 11 is 0. The fraction of sp³-hybridized carbons (Fsp3) is 0.400. The molecule has 2 saturated carbocycles. The van der Waals surface area contributed by atoms with Crippen molar-refractivity contribution in [1.82, 2.24) is 0 Å². The van der Waals surface area contributed by atoms with Gasteiger partial charge in [0.2, 0.25) is 0 Å². The zero-order chi connectivity index (χ0) is 14.2. The molecule has 0 heterocycles. The molecule has 0 aromatic heterocycles. The van der Waals surface area contributed by atoms with Crippen molar-refractivity contribution in [2.24, 2.45) is 11.7 Å². The highest BCUT2D eigenvalue weighted by Gasteiger charge is 2.42. The molecule has 2 aliphatic rings.